The standard InChI is InChI=1S/C18H26FN3O5S/c1-8-13-12(9(2)23)17(25)21(13)14(18(26)27)15(8)28-10-6-11(16(20)24)22(3,7-10)5-4-19/h8-13,23H,4-7H2,1-3H3,(H2-,20,24,26,27)/p+1/t8-,9-,10+,11+,12-,13-,22?/m1/s1. The number of quaternary nitrogens is 1. The molecule has 0 saturated carbocycles. The molecule has 0 bridgehead atoms. The van der Waals surface area contributed by atoms with E-state index in [1.54, 1.807) is 7.05 Å². The lowest BCUT2D eigenvalue weighted by atomic mass is 9.79. The number of alkyl halides is 1. The summed E-state index contributed by atoms with van der Waals surface area (Å²) in [6.07, 6.45) is -0.427. The molecule has 0 aliphatic carbocycles. The van der Waals surface area contributed by atoms with Crippen molar-refractivity contribution >= 4 is 29.5 Å². The van der Waals surface area contributed by atoms with Crippen LogP contribution < -0.4 is 5.73 Å². The van der Waals surface area contributed by atoms with Crippen molar-refractivity contribution in [3.05, 3.63) is 10.6 Å². The van der Waals surface area contributed by atoms with Gasteiger partial charge in [-0.25, -0.2) is 9.18 Å². The second-order valence-corrected chi connectivity index (χ2v) is 9.58. The smallest absolute Gasteiger partial charge is 0.353 e. The summed E-state index contributed by atoms with van der Waals surface area (Å²) >= 11 is 1.35. The fourth-order valence-corrected chi connectivity index (χ4v) is 6.68. The molecule has 28 heavy (non-hydrogen) atoms. The van der Waals surface area contributed by atoms with E-state index in [0.717, 1.165) is 0 Å². The van der Waals surface area contributed by atoms with E-state index < -0.39 is 36.6 Å². The molecule has 3 heterocycles. The number of carbonyl (C=O) groups is 3. The van der Waals surface area contributed by atoms with Crippen LogP contribution in [0.15, 0.2) is 10.6 Å². The van der Waals surface area contributed by atoms with Gasteiger partial charge in [0.2, 0.25) is 5.91 Å². The summed E-state index contributed by atoms with van der Waals surface area (Å²) in [6, 6.07) is -0.899. The van der Waals surface area contributed by atoms with Crippen LogP contribution in [0.1, 0.15) is 20.3 Å². The minimum Gasteiger partial charge on any atom is -0.477 e. The molecular formula is C18H27FN3O5S+. The van der Waals surface area contributed by atoms with Gasteiger partial charge in [0.15, 0.2) is 6.04 Å². The molecule has 3 aliphatic heterocycles. The highest BCUT2D eigenvalue weighted by Crippen LogP contribution is 2.52. The molecule has 2 amide bonds. The summed E-state index contributed by atoms with van der Waals surface area (Å²) in [5.41, 5.74) is 5.49. The third-order valence-corrected chi connectivity index (χ3v) is 7.88. The van der Waals surface area contributed by atoms with Crippen molar-refractivity contribution in [2.24, 2.45) is 17.6 Å². The molecule has 2 fully saturated rings. The summed E-state index contributed by atoms with van der Waals surface area (Å²) in [5.74, 6) is -2.89. The molecule has 0 radical (unpaired) electrons. The number of halogens is 1. The van der Waals surface area contributed by atoms with Gasteiger partial charge in [0.05, 0.1) is 36.9 Å². The number of hydrogen-bond donors (Lipinski definition) is 3. The summed E-state index contributed by atoms with van der Waals surface area (Å²) < 4.78 is 13.2. The van der Waals surface area contributed by atoms with Crippen molar-refractivity contribution in [3.8, 4) is 0 Å². The van der Waals surface area contributed by atoms with Crippen molar-refractivity contribution in [1.29, 1.82) is 0 Å². The van der Waals surface area contributed by atoms with Crippen LogP contribution in [0.4, 0.5) is 4.39 Å². The van der Waals surface area contributed by atoms with E-state index in [-0.39, 0.29) is 39.8 Å². The van der Waals surface area contributed by atoms with Gasteiger partial charge in [-0.2, -0.15) is 0 Å². The average molecular weight is 416 g/mol. The lowest BCUT2D eigenvalue weighted by molar-refractivity contribution is -0.911. The lowest BCUT2D eigenvalue weighted by Crippen LogP contribution is -2.63. The summed E-state index contributed by atoms with van der Waals surface area (Å²) in [5, 5.41) is 19.5. The van der Waals surface area contributed by atoms with Crippen LogP contribution >= 0.6 is 11.8 Å². The maximum atomic E-state index is 13.0. The quantitative estimate of drug-likeness (QED) is 0.394. The maximum Gasteiger partial charge on any atom is 0.353 e. The average Bonchev–Trinajstić information content (AvgIpc) is 3.02. The Morgan fingerprint density at radius 1 is 1.46 bits per heavy atom. The number of aliphatic hydroxyl groups excluding tert-OH is 1. The molecule has 3 aliphatic rings. The van der Waals surface area contributed by atoms with E-state index in [1.807, 2.05) is 6.92 Å². The van der Waals surface area contributed by atoms with Crippen LogP contribution in [0, 0.1) is 11.8 Å². The first-order chi connectivity index (χ1) is 13.0. The molecule has 0 aromatic rings. The molecule has 8 nitrogen and oxygen atoms in total. The van der Waals surface area contributed by atoms with Crippen molar-refractivity contribution in [2.75, 3.05) is 26.8 Å². The summed E-state index contributed by atoms with van der Waals surface area (Å²) in [7, 11) is 1.79. The number of aliphatic carboxylic acids is 1. The van der Waals surface area contributed by atoms with Crippen LogP contribution in [0.25, 0.3) is 0 Å². The van der Waals surface area contributed by atoms with Crippen LogP contribution in [0.5, 0.6) is 0 Å². The third-order valence-electron chi connectivity index (χ3n) is 6.39. The molecule has 0 aromatic heterocycles. The number of amides is 2. The Balaban J connectivity index is 1.86. The number of thioether (sulfide) groups is 1. The molecule has 0 spiro atoms. The highest BCUT2D eigenvalue weighted by Gasteiger charge is 2.60. The van der Waals surface area contributed by atoms with Gasteiger partial charge in [0, 0.05) is 17.2 Å². The Hall–Kier alpha value is -1.65. The largest absolute Gasteiger partial charge is 0.477 e. The highest BCUT2D eigenvalue weighted by atomic mass is 32.2. The number of aliphatic hydroxyl groups is 1. The first-order valence-electron chi connectivity index (χ1n) is 9.38. The number of carboxylic acid groups (broad SMARTS) is 1. The Bertz CT molecular complexity index is 745. The predicted octanol–water partition coefficient (Wildman–Crippen LogP) is -0.0844. The SMILES string of the molecule is C[C@@H](O)[C@H]1C(=O)N2C(C(=O)O)=C(S[C@H]3C[C@@H](C(N)=O)[N+](C)(CCF)C3)[C@H](C)[C@H]12. The second-order valence-electron chi connectivity index (χ2n) is 8.24. The minimum absolute atomic E-state index is 0.0355. The number of likely N-dealkylation sites (tertiary alicyclic amines) is 1. The zero-order chi connectivity index (χ0) is 21.0. The van der Waals surface area contributed by atoms with Crippen molar-refractivity contribution < 1.29 is 33.5 Å². The van der Waals surface area contributed by atoms with Gasteiger partial charge in [-0.05, 0) is 6.92 Å². The first kappa shape index (κ1) is 21.1. The van der Waals surface area contributed by atoms with Gasteiger partial charge in [-0.3, -0.25) is 9.59 Å². The van der Waals surface area contributed by atoms with E-state index in [9.17, 15) is 29.0 Å². The van der Waals surface area contributed by atoms with Crippen LogP contribution in [-0.2, 0) is 14.4 Å². The van der Waals surface area contributed by atoms with Gasteiger partial charge < -0.3 is 25.3 Å². The highest BCUT2D eigenvalue weighted by molar-refractivity contribution is 8.03. The monoisotopic (exact) mass is 416 g/mol. The predicted molar refractivity (Wildman–Crippen MR) is 101 cm³/mol. The van der Waals surface area contributed by atoms with Crippen molar-refractivity contribution in [3.63, 3.8) is 0 Å². The molecule has 3 rings (SSSR count). The van der Waals surface area contributed by atoms with Gasteiger partial charge in [-0.1, -0.05) is 6.92 Å². The first-order valence-corrected chi connectivity index (χ1v) is 10.3. The van der Waals surface area contributed by atoms with Gasteiger partial charge in [-0.15, -0.1) is 11.8 Å². The van der Waals surface area contributed by atoms with Crippen LogP contribution in [0.3, 0.4) is 0 Å². The number of rotatable bonds is 7. The van der Waals surface area contributed by atoms with E-state index >= 15 is 0 Å². The number of likely N-dealkylation sites (N-methyl/N-ethyl adjacent to an activating group) is 1. The zero-order valence-electron chi connectivity index (χ0n) is 16.2. The molecule has 4 N–H and O–H groups in total. The Morgan fingerprint density at radius 2 is 2.11 bits per heavy atom. The zero-order valence-corrected chi connectivity index (χ0v) is 17.0. The fraction of sp³-hybridized carbons (Fsp3) is 0.722. The third kappa shape index (κ3) is 3.11. The van der Waals surface area contributed by atoms with E-state index in [1.165, 1.54) is 23.6 Å². The number of hydrogen-bond acceptors (Lipinski definition) is 5. The number of β-lactam (4-membered cyclic amide) rings is 1. The molecule has 2 saturated heterocycles. The number of carbonyl (C=O) groups excluding carboxylic acids is 2. The summed E-state index contributed by atoms with van der Waals surface area (Å²) in [6.45, 7) is 3.48. The number of primary amides is 1. The van der Waals surface area contributed by atoms with Crippen molar-refractivity contribution in [2.45, 2.75) is 43.7 Å². The summed E-state index contributed by atoms with van der Waals surface area (Å²) in [4.78, 5) is 38.0. The van der Waals surface area contributed by atoms with Gasteiger partial charge in [0.25, 0.3) is 5.91 Å². The molecule has 7 atom stereocenters. The Kier molecular flexibility index (Phi) is 5.50. The number of nitrogens with zero attached hydrogens (tertiary/aromatic N) is 2. The maximum absolute atomic E-state index is 13.0. The Labute approximate surface area is 167 Å². The van der Waals surface area contributed by atoms with E-state index in [0.29, 0.717) is 17.9 Å². The number of fused-ring (bicyclic) bond motifs is 1. The minimum atomic E-state index is -1.18. The molecule has 156 valence electrons. The number of nitrogens with two attached hydrogens (primary N) is 1. The normalized spacial score (nSPS) is 38.4. The van der Waals surface area contributed by atoms with E-state index in [4.69, 9.17) is 5.73 Å². The molecular weight excluding hydrogens is 389 g/mol. The van der Waals surface area contributed by atoms with Crippen LogP contribution in [0.2, 0.25) is 0 Å². The Morgan fingerprint density at radius 3 is 2.61 bits per heavy atom. The topological polar surface area (TPSA) is 121 Å². The fourth-order valence-electron chi connectivity index (χ4n) is 4.98. The number of carboxylic acids is 1. The van der Waals surface area contributed by atoms with Crippen LogP contribution in [-0.4, -0.2) is 87.6 Å². The molecule has 0 aromatic carbocycles. The molecule has 10 heteroatoms. The van der Waals surface area contributed by atoms with E-state index in [2.05, 4.69) is 0 Å². The molecule has 1 unspecified atom stereocenters. The van der Waals surface area contributed by atoms with Crippen molar-refractivity contribution in [1.82, 2.24) is 4.90 Å². The lowest BCUT2D eigenvalue weighted by Gasteiger charge is -2.46. The second kappa shape index (κ2) is 7.31. The van der Waals surface area contributed by atoms with Gasteiger partial charge in [0.1, 0.15) is 18.9 Å². The van der Waals surface area contributed by atoms with Gasteiger partial charge >= 0.3 is 5.97 Å².